The molecule has 0 aromatic heterocycles. The van der Waals surface area contributed by atoms with Crippen LogP contribution >= 0.6 is 0 Å². The zero-order chi connectivity index (χ0) is 116. The normalized spacial score (nSPS) is 16.7. The molecule has 4 aliphatic heterocycles. The van der Waals surface area contributed by atoms with Crippen molar-refractivity contribution in [1.29, 1.82) is 0 Å². The summed E-state index contributed by atoms with van der Waals surface area (Å²) in [4.78, 5) is 176. The van der Waals surface area contributed by atoms with E-state index in [0.717, 1.165) is 111 Å². The fourth-order valence-corrected chi connectivity index (χ4v) is 12.5. The van der Waals surface area contributed by atoms with Crippen LogP contribution in [-0.2, 0) is 90.8 Å². The van der Waals surface area contributed by atoms with Crippen LogP contribution in [0.15, 0.2) is 0 Å². The Kier molecular flexibility index (Phi) is 74.9. The van der Waals surface area contributed by atoms with Gasteiger partial charge in [-0.05, 0) is 313 Å². The first-order valence-corrected chi connectivity index (χ1v) is 52.0. The van der Waals surface area contributed by atoms with E-state index < -0.39 is 66.3 Å². The fourth-order valence-electron chi connectivity index (χ4n) is 12.5. The monoisotopic (exact) mass is 2120 g/mol. The molecule has 148 heavy (non-hydrogen) atoms. The van der Waals surface area contributed by atoms with Gasteiger partial charge in [0.2, 0.25) is 47.3 Å². The van der Waals surface area contributed by atoms with Crippen molar-refractivity contribution in [3.05, 3.63) is 0 Å². The number of hydrogen-bond acceptors (Lipinski definition) is 37. The third-order valence-electron chi connectivity index (χ3n) is 20.3. The van der Waals surface area contributed by atoms with Crippen LogP contribution in [0, 0.1) is 5.92 Å². The third kappa shape index (κ3) is 92.7. The molecule has 0 aliphatic carbocycles. The number of piperidine rings is 2. The molecule has 870 valence electrons. The van der Waals surface area contributed by atoms with Gasteiger partial charge in [0.25, 0.3) is 5.91 Å². The minimum atomic E-state index is -1.09. The quantitative estimate of drug-likeness (QED) is 0.0272. The number of hydrogen-bond donors (Lipinski definition) is 20. The van der Waals surface area contributed by atoms with E-state index in [-0.39, 0.29) is 167 Å². The maximum atomic E-state index is 11.8. The lowest BCUT2D eigenvalue weighted by atomic mass is 9.92. The summed E-state index contributed by atoms with van der Waals surface area (Å²) in [6, 6.07) is -5.43. The summed E-state index contributed by atoms with van der Waals surface area (Å²) < 4.78 is 25.3. The van der Waals surface area contributed by atoms with Crippen LogP contribution in [0.25, 0.3) is 0 Å². The number of likely N-dealkylation sites (N-methyl/N-ethyl adjacent to an activating group) is 3. The molecular formula is C102H212N26O20. The molecule has 9 amide bonds. The van der Waals surface area contributed by atoms with E-state index in [9.17, 15) is 67.1 Å². The highest BCUT2D eigenvalue weighted by Crippen LogP contribution is 2.22. The second-order valence-corrected chi connectivity index (χ2v) is 47.7. The number of aliphatic hydroxyl groups excluding tert-OH is 1. The zero-order valence-corrected chi connectivity index (χ0v) is 97.6. The number of nitrogens with one attached hydrogen (secondary N) is 9. The highest BCUT2D eigenvalue weighted by molar-refractivity contribution is 5.86. The van der Waals surface area contributed by atoms with Crippen LogP contribution in [0.4, 0.5) is 0 Å². The summed E-state index contributed by atoms with van der Waals surface area (Å²) in [6.07, 6.45) is 7.67. The first-order chi connectivity index (χ1) is 67.3. The van der Waals surface area contributed by atoms with Gasteiger partial charge >= 0.3 is 29.8 Å². The van der Waals surface area contributed by atoms with Crippen LogP contribution in [0.1, 0.15) is 278 Å². The van der Waals surface area contributed by atoms with Crippen molar-refractivity contribution >= 4 is 83.0 Å². The molecule has 9 atom stereocenters. The second kappa shape index (κ2) is 74.8. The number of piperazine rings is 2. The fraction of sp³-hybridized carbons (Fsp3) is 0.863. The Bertz CT molecular complexity index is 3650. The van der Waals surface area contributed by atoms with E-state index in [4.69, 9.17) is 86.1 Å². The predicted octanol–water partition coefficient (Wildman–Crippen LogP) is -0.623. The molecular weight excluding hydrogens is 1910 g/mol. The Morgan fingerprint density at radius 2 is 0.547 bits per heavy atom. The molecule has 1 unspecified atom stereocenters. The van der Waals surface area contributed by atoms with Gasteiger partial charge in [-0.25, -0.2) is 0 Å². The Morgan fingerprint density at radius 1 is 0.318 bits per heavy atom. The summed E-state index contributed by atoms with van der Waals surface area (Å²) in [5.41, 5.74) is 52.5. The summed E-state index contributed by atoms with van der Waals surface area (Å²) in [5.74, 6) is -3.25. The minimum absolute atomic E-state index is 0.0398. The molecule has 0 aromatic carbocycles. The molecule has 0 saturated carbocycles. The number of ether oxygens (including phenoxy) is 5. The molecule has 4 heterocycles. The highest BCUT2D eigenvalue weighted by atomic mass is 16.6. The van der Waals surface area contributed by atoms with Crippen molar-refractivity contribution in [2.24, 2.45) is 63.3 Å². The topological polar surface area (TPSA) is 697 Å². The average molecular weight is 2120 g/mol. The first-order valence-electron chi connectivity index (χ1n) is 52.0. The van der Waals surface area contributed by atoms with E-state index in [0.29, 0.717) is 57.7 Å². The summed E-state index contributed by atoms with van der Waals surface area (Å²) in [7, 11) is 7.73. The van der Waals surface area contributed by atoms with Crippen molar-refractivity contribution < 1.29 is 95.9 Å². The van der Waals surface area contributed by atoms with Gasteiger partial charge in [-0.3, -0.25) is 72.0 Å². The Hall–Kier alpha value is -8.14. The molecule has 4 fully saturated rings. The van der Waals surface area contributed by atoms with Crippen LogP contribution in [0.3, 0.4) is 0 Å². The highest BCUT2D eigenvalue weighted by Gasteiger charge is 2.31. The van der Waals surface area contributed by atoms with Gasteiger partial charge in [0.1, 0.15) is 69.3 Å². The van der Waals surface area contributed by atoms with Gasteiger partial charge < -0.3 is 163 Å². The third-order valence-corrected chi connectivity index (χ3v) is 20.3. The number of carbonyl (C=O) groups is 14. The number of amides is 9. The number of carbonyl (C=O) groups excluding carboxylic acids is 14. The van der Waals surface area contributed by atoms with Crippen LogP contribution in [-0.4, -0.2) is 412 Å². The summed E-state index contributed by atoms with van der Waals surface area (Å²) in [5, 5.41) is 33.6. The van der Waals surface area contributed by atoms with Gasteiger partial charge in [-0.2, -0.15) is 0 Å². The predicted molar refractivity (Wildman–Crippen MR) is 584 cm³/mol. The molecule has 46 heteroatoms. The molecule has 0 radical (unpaired) electrons. The van der Waals surface area contributed by atoms with E-state index in [1.165, 1.54) is 19.3 Å². The molecule has 4 saturated heterocycles. The van der Waals surface area contributed by atoms with E-state index in [2.05, 4.69) is 98.3 Å². The standard InChI is InChI=1S/C16H32N4O3.C16H31N3O3.C15H30N4O3.C15H29N3O3.C11H23N3O3.C8H19N3O.C7H16N2O2.2C7H16N2O/c1-5-19-8-10-20(11-9-19)7-6-14(21)23-12-13(17)15(22)18-16(2,3)4;1-16(2,3)18-15(21)13(17)11-22-14(20)6-5-12-7-9-19(4)10-8-12;1-15(2,3)17-14(21)12(16)11-22-13(20)5-6-19-9-7-18(4)8-10-19;1-15(2,3)17-14(20)12(16)11-21-13(19)7-10-18-8-5-4-6-9-18;1-11(2,3)13-10(16)8(12)7-17-9(15)6-14(4)5;1-8(2,3)11-7(12)6(10)4-5-9;1-7(2,3)9-6(11)5(10)4-8;2*1-5(8)6(10)9-7(2,3)4/h13H,5-12,17H2,1-4H3,(H,18,22);12-13H,5-11,17H2,1-4H3,(H,18,21);12H,5-11,16H2,1-4H3,(H,17,21);12H,4-11,16H2,1-3H3,(H,17,20);8H,6-7,12H2,1-5H3,(H,13,16);6H,4-5,9-10H2,1-3H3,(H,11,12);5,10H,4,8H2,1-3H3,(H,9,11);2*5H,8H2,1-4H3,(H,9,10)/t2*13-;2*12-;8-;6-;;2*5-/m000000.10/s1. The molecule has 4 aliphatic rings. The van der Waals surface area contributed by atoms with Crippen LogP contribution in [0.5, 0.6) is 0 Å². The lowest BCUT2D eigenvalue weighted by Gasteiger charge is -2.33. The Labute approximate surface area is 888 Å². The van der Waals surface area contributed by atoms with Crippen molar-refractivity contribution in [1.82, 2.24) is 82.2 Å². The Balaban J connectivity index is -0.000000527. The number of nitrogens with zero attached hydrogens (tertiary/aromatic N) is 7. The molecule has 0 aromatic rings. The SMILES string of the molecule is CC(C)(C)NC(=O)C(O)CN.CC(C)(C)NC(=O)[C@@H](N)CCN.CC(C)(C)NC(=O)[C@@H](N)COC(=O)CCN1CCCCC1.CCN1CCN(CCC(=O)OC[C@H](N)C(=O)NC(C)(C)C)CC1.CN(C)CC(=O)OC[C@H](N)C(=O)NC(C)(C)C.CN1CCC(CCC(=O)OC[C@H](N)C(=O)NC(C)(C)C)CC1.CN1CCN(CCC(=O)OC[C@H](N)C(=O)NC(C)(C)C)CC1.C[C@@H](N)C(=O)NC(C)(C)C.C[C@H](N)C(=O)NC(C)(C)C. The van der Waals surface area contributed by atoms with Gasteiger partial charge in [-0.1, -0.05) is 13.3 Å². The van der Waals surface area contributed by atoms with E-state index in [1.54, 1.807) is 32.8 Å². The van der Waals surface area contributed by atoms with Crippen LogP contribution in [0.2, 0.25) is 0 Å². The maximum Gasteiger partial charge on any atom is 0.320 e. The maximum absolute atomic E-state index is 11.8. The lowest BCUT2D eigenvalue weighted by Crippen LogP contribution is -2.51. The summed E-state index contributed by atoms with van der Waals surface area (Å²) >= 11 is 0. The largest absolute Gasteiger partial charge is 0.463 e. The average Bonchev–Trinajstić information content (AvgIpc) is 0.916. The summed E-state index contributed by atoms with van der Waals surface area (Å²) in [6.45, 7) is 72.1. The van der Waals surface area contributed by atoms with Crippen molar-refractivity contribution in [3.8, 4) is 0 Å². The number of likely N-dealkylation sites (tertiary alicyclic amines) is 2. The lowest BCUT2D eigenvalue weighted by molar-refractivity contribution is -0.147. The van der Waals surface area contributed by atoms with E-state index in [1.807, 2.05) is 187 Å². The van der Waals surface area contributed by atoms with Crippen LogP contribution < -0.4 is 105 Å². The van der Waals surface area contributed by atoms with Crippen molar-refractivity contribution in [2.45, 2.75) is 383 Å². The van der Waals surface area contributed by atoms with Crippen molar-refractivity contribution in [3.63, 3.8) is 0 Å². The number of esters is 5. The molecule has 0 bridgehead atoms. The van der Waals surface area contributed by atoms with Gasteiger partial charge in [0.05, 0.1) is 43.9 Å². The molecule has 0 spiro atoms. The first kappa shape index (κ1) is 148. The van der Waals surface area contributed by atoms with Crippen molar-refractivity contribution in [2.75, 3.05) is 186 Å². The van der Waals surface area contributed by atoms with Gasteiger partial charge in [0.15, 0.2) is 0 Å². The number of rotatable bonds is 37. The number of aliphatic hydroxyl groups is 1. The molecule has 30 N–H and O–H groups in total. The number of nitrogens with two attached hydrogens (primary N) is 10. The molecule has 46 nitrogen and oxygen atoms in total. The Morgan fingerprint density at radius 3 is 0.791 bits per heavy atom. The molecule has 4 rings (SSSR count). The zero-order valence-electron chi connectivity index (χ0n) is 97.6. The second-order valence-electron chi connectivity index (χ2n) is 47.7. The minimum Gasteiger partial charge on any atom is -0.463 e. The van der Waals surface area contributed by atoms with E-state index >= 15 is 0 Å². The van der Waals surface area contributed by atoms with Gasteiger partial charge in [0, 0.05) is 135 Å². The smallest absolute Gasteiger partial charge is 0.320 e. The van der Waals surface area contributed by atoms with Gasteiger partial charge in [-0.15, -0.1) is 0 Å².